The first-order valence-electron chi connectivity index (χ1n) is 7.81. The van der Waals surface area contributed by atoms with Crippen LogP contribution < -0.4 is 10.1 Å². The number of anilines is 2. The summed E-state index contributed by atoms with van der Waals surface area (Å²) >= 11 is 3.47. The molecule has 0 bridgehead atoms. The first-order chi connectivity index (χ1) is 12.6. The quantitative estimate of drug-likeness (QED) is 0.341. The number of nitrogens with zero attached hydrogens (tertiary/aromatic N) is 2. The number of ether oxygens (including phenoxy) is 2. The second-order valence-electron chi connectivity index (χ2n) is 5.41. The fraction of sp³-hybridized carbons (Fsp3) is 0.167. The molecule has 0 fully saturated rings. The smallest absolute Gasteiger partial charge is 0.296 e. The van der Waals surface area contributed by atoms with Gasteiger partial charge < -0.3 is 14.8 Å². The zero-order valence-corrected chi connectivity index (χ0v) is 15.5. The van der Waals surface area contributed by atoms with E-state index in [0.717, 1.165) is 15.4 Å². The number of benzene rings is 2. The maximum Gasteiger partial charge on any atom is 0.296 e. The topological polar surface area (TPSA) is 86.5 Å². The number of nitro groups is 1. The van der Waals surface area contributed by atoms with Crippen molar-refractivity contribution in [1.82, 2.24) is 4.98 Å². The molecular weight excluding hydrogens is 402 g/mol. The molecule has 1 aromatic heterocycles. The summed E-state index contributed by atoms with van der Waals surface area (Å²) < 4.78 is 11.2. The van der Waals surface area contributed by atoms with Crippen molar-refractivity contribution in [2.45, 2.75) is 0 Å². The summed E-state index contributed by atoms with van der Waals surface area (Å²) in [6.45, 7) is 0.727. The number of methoxy groups -OCH3 is 1. The first-order valence-corrected chi connectivity index (χ1v) is 8.60. The summed E-state index contributed by atoms with van der Waals surface area (Å²) in [5.41, 5.74) is 1.03. The lowest BCUT2D eigenvalue weighted by molar-refractivity contribution is -0.384. The van der Waals surface area contributed by atoms with E-state index in [-0.39, 0.29) is 5.69 Å². The molecule has 1 N–H and O–H groups in total. The Kier molecular flexibility index (Phi) is 5.65. The van der Waals surface area contributed by atoms with Crippen LogP contribution in [0.1, 0.15) is 0 Å². The van der Waals surface area contributed by atoms with Gasteiger partial charge in [0.15, 0.2) is 0 Å². The molecule has 2 aromatic carbocycles. The molecule has 134 valence electrons. The van der Waals surface area contributed by atoms with E-state index < -0.39 is 4.92 Å². The number of nitro benzene ring substituents is 1. The molecular formula is C18H16BrN3O4. The average Bonchev–Trinajstić information content (AvgIpc) is 2.63. The van der Waals surface area contributed by atoms with E-state index in [0.29, 0.717) is 30.5 Å². The maximum absolute atomic E-state index is 11.4. The number of nitrogens with one attached hydrogen (secondary N) is 1. The Morgan fingerprint density at radius 3 is 2.81 bits per heavy atom. The van der Waals surface area contributed by atoms with Gasteiger partial charge in [0, 0.05) is 17.0 Å². The maximum atomic E-state index is 11.4. The fourth-order valence-electron chi connectivity index (χ4n) is 2.42. The van der Waals surface area contributed by atoms with Gasteiger partial charge in [-0.3, -0.25) is 10.1 Å². The molecule has 0 saturated carbocycles. The van der Waals surface area contributed by atoms with E-state index >= 15 is 0 Å². The van der Waals surface area contributed by atoms with Gasteiger partial charge in [-0.25, -0.2) is 4.98 Å². The Morgan fingerprint density at radius 1 is 1.19 bits per heavy atom. The molecule has 0 unspecified atom stereocenters. The van der Waals surface area contributed by atoms with Gasteiger partial charge in [0.2, 0.25) is 0 Å². The van der Waals surface area contributed by atoms with Gasteiger partial charge >= 0.3 is 0 Å². The van der Waals surface area contributed by atoms with Gasteiger partial charge in [0.05, 0.1) is 23.1 Å². The van der Waals surface area contributed by atoms with Crippen molar-refractivity contribution in [2.75, 3.05) is 25.6 Å². The minimum atomic E-state index is -0.456. The lowest BCUT2D eigenvalue weighted by Crippen LogP contribution is -2.05. The molecule has 0 radical (unpaired) electrons. The number of hydrogen-bond donors (Lipinski definition) is 1. The number of hydrogen-bond acceptors (Lipinski definition) is 6. The van der Waals surface area contributed by atoms with Gasteiger partial charge in [0.25, 0.3) is 5.69 Å². The van der Waals surface area contributed by atoms with Crippen LogP contribution in [0, 0.1) is 10.1 Å². The lowest BCUT2D eigenvalue weighted by Gasteiger charge is -2.10. The van der Waals surface area contributed by atoms with Crippen LogP contribution in [-0.4, -0.2) is 30.2 Å². The minimum Gasteiger partial charge on any atom is -0.491 e. The Hall–Kier alpha value is -2.71. The van der Waals surface area contributed by atoms with Crippen molar-refractivity contribution in [3.05, 3.63) is 63.1 Å². The number of pyridine rings is 1. The number of rotatable bonds is 7. The van der Waals surface area contributed by atoms with Crippen LogP contribution in [0.25, 0.3) is 10.9 Å². The Morgan fingerprint density at radius 2 is 2.04 bits per heavy atom. The highest BCUT2D eigenvalue weighted by Gasteiger charge is 2.16. The molecule has 0 aliphatic carbocycles. The van der Waals surface area contributed by atoms with Crippen LogP contribution in [0.2, 0.25) is 0 Å². The number of halogens is 1. The average molecular weight is 418 g/mol. The van der Waals surface area contributed by atoms with E-state index in [1.807, 2.05) is 24.3 Å². The molecule has 26 heavy (non-hydrogen) atoms. The third-order valence-corrected chi connectivity index (χ3v) is 4.30. The van der Waals surface area contributed by atoms with Crippen LogP contribution in [0.4, 0.5) is 17.2 Å². The van der Waals surface area contributed by atoms with E-state index in [2.05, 4.69) is 26.2 Å². The van der Waals surface area contributed by atoms with Crippen molar-refractivity contribution >= 4 is 44.0 Å². The second-order valence-corrected chi connectivity index (χ2v) is 6.26. The van der Waals surface area contributed by atoms with E-state index in [1.54, 1.807) is 25.3 Å². The highest BCUT2D eigenvalue weighted by atomic mass is 79.9. The molecule has 0 saturated heterocycles. The summed E-state index contributed by atoms with van der Waals surface area (Å²) in [5.74, 6) is 0.925. The molecule has 3 rings (SSSR count). The van der Waals surface area contributed by atoms with Crippen molar-refractivity contribution in [3.63, 3.8) is 0 Å². The van der Waals surface area contributed by atoms with Crippen LogP contribution in [-0.2, 0) is 4.74 Å². The predicted molar refractivity (Wildman–Crippen MR) is 103 cm³/mol. The Labute approximate surface area is 158 Å². The zero-order valence-electron chi connectivity index (χ0n) is 13.9. The SMILES string of the molecule is COCCOc1ccc(Nc2ccc3cccc(Br)c3n2)c([N+](=O)[O-])c1. The predicted octanol–water partition coefficient (Wildman–Crippen LogP) is 4.67. The first kappa shape index (κ1) is 18.1. The number of para-hydroxylation sites is 1. The van der Waals surface area contributed by atoms with E-state index in [1.165, 1.54) is 6.07 Å². The third kappa shape index (κ3) is 4.09. The normalized spacial score (nSPS) is 10.7. The monoisotopic (exact) mass is 417 g/mol. The van der Waals surface area contributed by atoms with Crippen molar-refractivity contribution in [1.29, 1.82) is 0 Å². The number of fused-ring (bicyclic) bond motifs is 1. The highest BCUT2D eigenvalue weighted by molar-refractivity contribution is 9.10. The van der Waals surface area contributed by atoms with Crippen LogP contribution in [0.5, 0.6) is 5.75 Å². The van der Waals surface area contributed by atoms with Crippen molar-refractivity contribution < 1.29 is 14.4 Å². The van der Waals surface area contributed by atoms with Crippen molar-refractivity contribution in [3.8, 4) is 5.75 Å². The molecule has 0 atom stereocenters. The van der Waals surface area contributed by atoms with Gasteiger partial charge in [-0.05, 0) is 46.3 Å². The summed E-state index contributed by atoms with van der Waals surface area (Å²) in [6.07, 6.45) is 0. The summed E-state index contributed by atoms with van der Waals surface area (Å²) in [4.78, 5) is 15.5. The Bertz CT molecular complexity index is 949. The second kappa shape index (κ2) is 8.11. The molecule has 8 heteroatoms. The molecule has 0 aliphatic heterocycles. The van der Waals surface area contributed by atoms with Gasteiger partial charge in [-0.2, -0.15) is 0 Å². The Balaban J connectivity index is 1.89. The highest BCUT2D eigenvalue weighted by Crippen LogP contribution is 2.32. The summed E-state index contributed by atoms with van der Waals surface area (Å²) in [5, 5.41) is 15.4. The van der Waals surface area contributed by atoms with Gasteiger partial charge in [0.1, 0.15) is 23.9 Å². The van der Waals surface area contributed by atoms with Crippen LogP contribution in [0.3, 0.4) is 0 Å². The molecule has 0 aliphatic rings. The molecule has 0 amide bonds. The standard InChI is InChI=1S/C18H16BrN3O4/c1-25-9-10-26-13-6-7-15(16(11-13)22(23)24)20-17-8-5-12-3-2-4-14(19)18(12)21-17/h2-8,11H,9-10H2,1H3,(H,20,21). The molecule has 0 spiro atoms. The largest absolute Gasteiger partial charge is 0.491 e. The molecule has 7 nitrogen and oxygen atoms in total. The van der Waals surface area contributed by atoms with Crippen LogP contribution in [0.15, 0.2) is 53.0 Å². The van der Waals surface area contributed by atoms with Crippen molar-refractivity contribution in [2.24, 2.45) is 0 Å². The summed E-state index contributed by atoms with van der Waals surface area (Å²) in [7, 11) is 1.56. The zero-order chi connectivity index (χ0) is 18.5. The summed E-state index contributed by atoms with van der Waals surface area (Å²) in [6, 6.07) is 14.1. The molecule has 1 heterocycles. The van der Waals surface area contributed by atoms with Gasteiger partial charge in [-0.15, -0.1) is 0 Å². The van der Waals surface area contributed by atoms with E-state index in [9.17, 15) is 10.1 Å². The van der Waals surface area contributed by atoms with E-state index in [4.69, 9.17) is 9.47 Å². The van der Waals surface area contributed by atoms with Crippen LogP contribution >= 0.6 is 15.9 Å². The minimum absolute atomic E-state index is 0.0889. The van der Waals surface area contributed by atoms with Gasteiger partial charge in [-0.1, -0.05) is 12.1 Å². The molecule has 3 aromatic rings. The third-order valence-electron chi connectivity index (χ3n) is 3.66. The lowest BCUT2D eigenvalue weighted by atomic mass is 10.2. The number of aromatic nitrogens is 1. The fourth-order valence-corrected chi connectivity index (χ4v) is 2.89.